The van der Waals surface area contributed by atoms with Crippen LogP contribution < -0.4 is 10.1 Å². The van der Waals surface area contributed by atoms with E-state index >= 15 is 0 Å². The van der Waals surface area contributed by atoms with Gasteiger partial charge in [0, 0.05) is 16.8 Å². The summed E-state index contributed by atoms with van der Waals surface area (Å²) in [5, 5.41) is 3.11. The summed E-state index contributed by atoms with van der Waals surface area (Å²) in [7, 11) is -4.01. The molecule has 0 saturated carbocycles. The van der Waals surface area contributed by atoms with Crippen molar-refractivity contribution in [3.8, 4) is 5.75 Å². The Morgan fingerprint density at radius 1 is 0.938 bits per heavy atom. The lowest BCUT2D eigenvalue weighted by atomic mass is 9.92. The number of sulfonamides is 1. The van der Waals surface area contributed by atoms with Crippen LogP contribution in [0.4, 0.5) is 5.69 Å². The normalized spacial score (nSPS) is 14.6. The minimum atomic E-state index is -4.01. The van der Waals surface area contributed by atoms with Crippen molar-refractivity contribution >= 4 is 27.2 Å². The zero-order valence-corrected chi connectivity index (χ0v) is 18.5. The highest BCUT2D eigenvalue weighted by Crippen LogP contribution is 2.26. The molecule has 0 radical (unpaired) electrons. The van der Waals surface area contributed by atoms with Gasteiger partial charge in [0.2, 0.25) is 5.78 Å². The molecule has 0 amide bonds. The Morgan fingerprint density at radius 2 is 1.66 bits per heavy atom. The highest BCUT2D eigenvalue weighted by molar-refractivity contribution is 7.90. The van der Waals surface area contributed by atoms with E-state index in [-0.39, 0.29) is 22.1 Å². The van der Waals surface area contributed by atoms with Crippen molar-refractivity contribution in [2.24, 2.45) is 4.40 Å². The molecule has 0 unspecified atom stereocenters. The first kappa shape index (κ1) is 21.5. The average molecular weight is 447 g/mol. The van der Waals surface area contributed by atoms with Crippen LogP contribution in [0.15, 0.2) is 93.9 Å². The number of carbonyl (C=O) groups excluding carboxylic acids is 1. The number of rotatable bonds is 6. The molecule has 0 bridgehead atoms. The summed E-state index contributed by atoms with van der Waals surface area (Å²) < 4.78 is 35.5. The minimum absolute atomic E-state index is 0.0458. The molecule has 6 nitrogen and oxygen atoms in total. The number of aryl methyl sites for hydroxylation is 1. The van der Waals surface area contributed by atoms with Crippen LogP contribution in [-0.2, 0) is 10.0 Å². The first-order chi connectivity index (χ1) is 15.4. The van der Waals surface area contributed by atoms with Gasteiger partial charge in [0.25, 0.3) is 10.0 Å². The standard InChI is InChI=1S/C25H22N2O4S/c1-3-31-19-11-13-20(14-12-19)32(29,30)27-23-16-24(26-18-8-6-7-17(2)15-18)25(28)22-10-5-4-9-21(22)23/h4-16,26H,3H2,1-2H3/b27-23-. The molecule has 7 heteroatoms. The average Bonchev–Trinajstić information content (AvgIpc) is 2.77. The number of ketones is 1. The van der Waals surface area contributed by atoms with E-state index in [1.54, 1.807) is 36.4 Å². The topological polar surface area (TPSA) is 84.8 Å². The molecule has 0 fully saturated rings. The van der Waals surface area contributed by atoms with Gasteiger partial charge in [-0.05, 0) is 61.9 Å². The smallest absolute Gasteiger partial charge is 0.282 e. The summed E-state index contributed by atoms with van der Waals surface area (Å²) in [6.07, 6.45) is 1.49. The second-order valence-electron chi connectivity index (χ2n) is 7.28. The van der Waals surface area contributed by atoms with Gasteiger partial charge in [-0.3, -0.25) is 4.79 Å². The number of nitrogens with zero attached hydrogens (tertiary/aromatic N) is 1. The molecule has 3 aromatic rings. The highest BCUT2D eigenvalue weighted by atomic mass is 32.2. The fourth-order valence-electron chi connectivity index (χ4n) is 3.43. The molecule has 1 N–H and O–H groups in total. The summed E-state index contributed by atoms with van der Waals surface area (Å²) >= 11 is 0. The summed E-state index contributed by atoms with van der Waals surface area (Å²) in [6, 6.07) is 20.5. The van der Waals surface area contributed by atoms with Gasteiger partial charge in [-0.1, -0.05) is 36.4 Å². The number of hydrogen-bond donors (Lipinski definition) is 1. The van der Waals surface area contributed by atoms with Gasteiger partial charge in [0.15, 0.2) is 0 Å². The first-order valence-electron chi connectivity index (χ1n) is 10.1. The lowest BCUT2D eigenvalue weighted by molar-refractivity contribution is 0.103. The number of ether oxygens (including phenoxy) is 1. The molecule has 0 aliphatic heterocycles. The predicted molar refractivity (Wildman–Crippen MR) is 125 cm³/mol. The van der Waals surface area contributed by atoms with E-state index in [1.807, 2.05) is 38.1 Å². The molecule has 0 saturated heterocycles. The van der Waals surface area contributed by atoms with Gasteiger partial charge in [-0.25, -0.2) is 0 Å². The fraction of sp³-hybridized carbons (Fsp3) is 0.120. The molecule has 3 aromatic carbocycles. The van der Waals surface area contributed by atoms with E-state index in [1.165, 1.54) is 18.2 Å². The number of fused-ring (bicyclic) bond motifs is 1. The maximum absolute atomic E-state index is 13.0. The van der Waals surface area contributed by atoms with Crippen molar-refractivity contribution in [2.75, 3.05) is 11.9 Å². The molecule has 1 aliphatic carbocycles. The quantitative estimate of drug-likeness (QED) is 0.590. The molecule has 0 atom stereocenters. The Morgan fingerprint density at radius 3 is 2.34 bits per heavy atom. The van der Waals surface area contributed by atoms with Crippen molar-refractivity contribution in [3.63, 3.8) is 0 Å². The third-order valence-corrected chi connectivity index (χ3v) is 6.23. The minimum Gasteiger partial charge on any atom is -0.494 e. The van der Waals surface area contributed by atoms with Gasteiger partial charge in [0.1, 0.15) is 5.75 Å². The summed E-state index contributed by atoms with van der Waals surface area (Å²) in [4.78, 5) is 13.1. The zero-order chi connectivity index (χ0) is 22.7. The monoisotopic (exact) mass is 446 g/mol. The van der Waals surface area contributed by atoms with E-state index in [9.17, 15) is 13.2 Å². The van der Waals surface area contributed by atoms with Gasteiger partial charge < -0.3 is 10.1 Å². The Hall–Kier alpha value is -3.71. The Labute approximate surface area is 187 Å². The molecule has 4 rings (SSSR count). The van der Waals surface area contributed by atoms with Crippen molar-refractivity contribution in [3.05, 3.63) is 101 Å². The first-order valence-corrected chi connectivity index (χ1v) is 11.6. The summed E-state index contributed by atoms with van der Waals surface area (Å²) in [5.41, 5.74) is 3.09. The van der Waals surface area contributed by atoms with Crippen LogP contribution in [0, 0.1) is 6.92 Å². The number of nitrogens with one attached hydrogen (secondary N) is 1. The van der Waals surface area contributed by atoms with Crippen molar-refractivity contribution < 1.29 is 17.9 Å². The molecule has 1 aliphatic rings. The third kappa shape index (κ3) is 4.48. The summed E-state index contributed by atoms with van der Waals surface area (Å²) in [6.45, 7) is 4.29. The van der Waals surface area contributed by atoms with Crippen molar-refractivity contribution in [1.29, 1.82) is 0 Å². The number of benzene rings is 3. The molecular formula is C25H22N2O4S. The molecule has 32 heavy (non-hydrogen) atoms. The van der Waals surface area contributed by atoms with Crippen LogP contribution in [0.1, 0.15) is 28.4 Å². The molecule has 162 valence electrons. The number of Topliss-reactive ketones (excluding diaryl/α,β-unsaturated/α-hetero) is 1. The Bertz CT molecular complexity index is 1340. The number of allylic oxidation sites excluding steroid dienone is 2. The van der Waals surface area contributed by atoms with Crippen LogP contribution in [0.2, 0.25) is 0 Å². The summed E-state index contributed by atoms with van der Waals surface area (Å²) in [5.74, 6) is 0.358. The van der Waals surface area contributed by atoms with Crippen LogP contribution in [0.5, 0.6) is 5.75 Å². The molecule has 0 aromatic heterocycles. The lowest BCUT2D eigenvalue weighted by Crippen LogP contribution is -2.22. The number of anilines is 1. The van der Waals surface area contributed by atoms with Crippen molar-refractivity contribution in [1.82, 2.24) is 0 Å². The van der Waals surface area contributed by atoms with Crippen molar-refractivity contribution in [2.45, 2.75) is 18.7 Å². The molecule has 0 heterocycles. The van der Waals surface area contributed by atoms with Gasteiger partial charge in [-0.2, -0.15) is 12.8 Å². The highest BCUT2D eigenvalue weighted by Gasteiger charge is 2.26. The van der Waals surface area contributed by atoms with Gasteiger partial charge in [-0.15, -0.1) is 0 Å². The van der Waals surface area contributed by atoms with E-state index < -0.39 is 10.0 Å². The van der Waals surface area contributed by atoms with Crippen LogP contribution in [0.3, 0.4) is 0 Å². The zero-order valence-electron chi connectivity index (χ0n) is 17.7. The molecule has 0 spiro atoms. The molecular weight excluding hydrogens is 424 g/mol. The van der Waals surface area contributed by atoms with Crippen LogP contribution in [-0.4, -0.2) is 26.5 Å². The SMILES string of the molecule is CCOc1ccc(S(=O)(=O)/N=C2/C=C(Nc3cccc(C)c3)C(=O)c3ccccc32)cc1. The number of hydrogen-bond acceptors (Lipinski definition) is 5. The maximum atomic E-state index is 13.0. The maximum Gasteiger partial charge on any atom is 0.282 e. The van der Waals surface area contributed by atoms with Crippen LogP contribution >= 0.6 is 0 Å². The van der Waals surface area contributed by atoms with E-state index in [0.29, 0.717) is 23.5 Å². The second kappa shape index (κ2) is 8.80. The van der Waals surface area contributed by atoms with Crippen LogP contribution in [0.25, 0.3) is 0 Å². The Balaban J connectivity index is 1.76. The largest absolute Gasteiger partial charge is 0.494 e. The predicted octanol–water partition coefficient (Wildman–Crippen LogP) is 4.76. The lowest BCUT2D eigenvalue weighted by Gasteiger charge is -2.19. The third-order valence-electron chi connectivity index (χ3n) is 4.92. The fourth-order valence-corrected chi connectivity index (χ4v) is 4.43. The number of carbonyl (C=O) groups is 1. The van der Waals surface area contributed by atoms with E-state index in [4.69, 9.17) is 4.74 Å². The van der Waals surface area contributed by atoms with Gasteiger partial charge >= 0.3 is 0 Å². The second-order valence-corrected chi connectivity index (χ2v) is 8.89. The van der Waals surface area contributed by atoms with E-state index in [2.05, 4.69) is 9.71 Å². The van der Waals surface area contributed by atoms with Gasteiger partial charge in [0.05, 0.1) is 22.9 Å². The van der Waals surface area contributed by atoms with E-state index in [0.717, 1.165) is 11.3 Å². The Kier molecular flexibility index (Phi) is 5.92.